The number of nitrogens with one attached hydrogen (secondary N) is 1. The van der Waals surface area contributed by atoms with Crippen molar-refractivity contribution in [2.45, 2.75) is 27.7 Å². The highest BCUT2D eigenvalue weighted by atomic mass is 16.5. The molecule has 0 radical (unpaired) electrons. The number of methoxy groups -OCH3 is 2. The van der Waals surface area contributed by atoms with E-state index in [0.717, 1.165) is 45.4 Å². The largest absolute Gasteiger partial charge is 0.508 e. The number of nitrogens with zero attached hydrogens (tertiary/aromatic N) is 1. The van der Waals surface area contributed by atoms with Crippen LogP contribution in [0.4, 0.5) is 0 Å². The van der Waals surface area contributed by atoms with Gasteiger partial charge in [-0.15, -0.1) is 0 Å². The van der Waals surface area contributed by atoms with Crippen LogP contribution in [0.2, 0.25) is 0 Å². The summed E-state index contributed by atoms with van der Waals surface area (Å²) >= 11 is 0. The molecule has 0 fully saturated rings. The third-order valence-corrected chi connectivity index (χ3v) is 4.59. The molecule has 0 atom stereocenters. The van der Waals surface area contributed by atoms with Crippen LogP contribution in [0.25, 0.3) is 33.9 Å². The molecule has 2 N–H and O–H groups in total. The van der Waals surface area contributed by atoms with Crippen molar-refractivity contribution in [3.05, 3.63) is 72.8 Å². The molecule has 5 heteroatoms. The van der Waals surface area contributed by atoms with E-state index in [0.29, 0.717) is 0 Å². The van der Waals surface area contributed by atoms with E-state index in [4.69, 9.17) is 14.5 Å². The minimum Gasteiger partial charge on any atom is -0.508 e. The van der Waals surface area contributed by atoms with Crippen molar-refractivity contribution in [3.8, 4) is 51.2 Å². The van der Waals surface area contributed by atoms with Crippen LogP contribution in [0.3, 0.4) is 0 Å². The summed E-state index contributed by atoms with van der Waals surface area (Å²) in [5, 5.41) is 9.56. The third kappa shape index (κ3) is 5.70. The van der Waals surface area contributed by atoms with Crippen molar-refractivity contribution in [2.75, 3.05) is 14.2 Å². The first-order chi connectivity index (χ1) is 15.7. The molecule has 0 spiro atoms. The number of aromatic nitrogens is 2. The standard InChI is InChI=1S/C23H20N2O3.2C2H6/c1-27-19-11-5-15(6-12-19)21-22(16-7-13-20(28-2)14-8-16)25-23(24-21)17-3-9-18(26)10-4-17;2*1-2/h3-14,26H,1-2H3,(H,24,25);2*1-2H3. The number of phenols is 1. The molecule has 0 aliphatic carbocycles. The zero-order chi connectivity index (χ0) is 23.5. The maximum Gasteiger partial charge on any atom is 0.138 e. The number of ether oxygens (including phenoxy) is 2. The van der Waals surface area contributed by atoms with Gasteiger partial charge in [0, 0.05) is 16.7 Å². The minimum atomic E-state index is 0.223. The molecule has 0 unspecified atom stereocenters. The van der Waals surface area contributed by atoms with Crippen LogP contribution < -0.4 is 9.47 Å². The molecule has 1 heterocycles. The van der Waals surface area contributed by atoms with E-state index in [9.17, 15) is 5.11 Å². The van der Waals surface area contributed by atoms with Crippen molar-refractivity contribution < 1.29 is 14.6 Å². The summed E-state index contributed by atoms with van der Waals surface area (Å²) in [4.78, 5) is 8.28. The highest BCUT2D eigenvalue weighted by molar-refractivity contribution is 5.81. The Balaban J connectivity index is 0.000000860. The van der Waals surface area contributed by atoms with Crippen molar-refractivity contribution in [3.63, 3.8) is 0 Å². The number of hydrogen-bond donors (Lipinski definition) is 2. The average molecular weight is 433 g/mol. The lowest BCUT2D eigenvalue weighted by Gasteiger charge is -2.06. The molecule has 0 bridgehead atoms. The second kappa shape index (κ2) is 12.2. The van der Waals surface area contributed by atoms with Crippen molar-refractivity contribution >= 4 is 0 Å². The molecule has 0 amide bonds. The van der Waals surface area contributed by atoms with Gasteiger partial charge < -0.3 is 19.6 Å². The van der Waals surface area contributed by atoms with Gasteiger partial charge in [-0.3, -0.25) is 0 Å². The summed E-state index contributed by atoms with van der Waals surface area (Å²) in [5.41, 5.74) is 4.64. The lowest BCUT2D eigenvalue weighted by Crippen LogP contribution is -1.87. The molecule has 4 rings (SSSR count). The lowest BCUT2D eigenvalue weighted by atomic mass is 10.0. The van der Waals surface area contributed by atoms with Crippen LogP contribution in [-0.4, -0.2) is 29.3 Å². The number of aromatic amines is 1. The maximum absolute atomic E-state index is 9.56. The van der Waals surface area contributed by atoms with Crippen LogP contribution in [0, 0.1) is 0 Å². The van der Waals surface area contributed by atoms with Gasteiger partial charge in [0.25, 0.3) is 0 Å². The summed E-state index contributed by atoms with van der Waals surface area (Å²) < 4.78 is 10.5. The first-order valence-corrected chi connectivity index (χ1v) is 10.9. The molecule has 0 aliphatic heterocycles. The Labute approximate surface area is 190 Å². The van der Waals surface area contributed by atoms with Crippen molar-refractivity contribution in [1.29, 1.82) is 0 Å². The molecule has 0 aliphatic rings. The molecule has 0 saturated carbocycles. The van der Waals surface area contributed by atoms with Crippen LogP contribution >= 0.6 is 0 Å². The molecule has 3 aromatic carbocycles. The first-order valence-electron chi connectivity index (χ1n) is 10.9. The molecule has 5 nitrogen and oxygen atoms in total. The van der Waals surface area contributed by atoms with E-state index in [2.05, 4.69) is 4.98 Å². The van der Waals surface area contributed by atoms with Crippen LogP contribution in [0.1, 0.15) is 27.7 Å². The van der Waals surface area contributed by atoms with Crippen molar-refractivity contribution in [1.82, 2.24) is 9.97 Å². The number of H-pyrrole nitrogens is 1. The lowest BCUT2D eigenvalue weighted by molar-refractivity contribution is 0.414. The third-order valence-electron chi connectivity index (χ3n) is 4.59. The summed E-state index contributed by atoms with van der Waals surface area (Å²) in [6.45, 7) is 8.00. The number of aromatic hydroxyl groups is 1. The highest BCUT2D eigenvalue weighted by Crippen LogP contribution is 2.34. The Morgan fingerprint density at radius 2 is 1.06 bits per heavy atom. The molecular formula is C27H32N2O3. The van der Waals surface area contributed by atoms with Gasteiger partial charge in [0.2, 0.25) is 0 Å². The van der Waals surface area contributed by atoms with Gasteiger partial charge in [0.05, 0.1) is 25.6 Å². The highest BCUT2D eigenvalue weighted by Gasteiger charge is 2.15. The second-order valence-corrected chi connectivity index (χ2v) is 6.31. The van der Waals surface area contributed by atoms with Gasteiger partial charge in [0.15, 0.2) is 0 Å². The molecule has 1 aromatic heterocycles. The fourth-order valence-electron chi connectivity index (χ4n) is 3.05. The Bertz CT molecular complexity index is 1000. The summed E-state index contributed by atoms with van der Waals surface area (Å²) in [6, 6.07) is 22.6. The SMILES string of the molecule is CC.CC.COc1ccc(-c2nc(-c3ccc(O)cc3)[nH]c2-c2ccc(OC)cc2)cc1. The van der Waals surface area contributed by atoms with E-state index in [1.54, 1.807) is 26.4 Å². The predicted octanol–water partition coefficient (Wildman–Crippen LogP) is 7.19. The molecule has 4 aromatic rings. The number of hydrogen-bond acceptors (Lipinski definition) is 4. The summed E-state index contributed by atoms with van der Waals surface area (Å²) in [7, 11) is 3.30. The molecule has 32 heavy (non-hydrogen) atoms. The fraction of sp³-hybridized carbons (Fsp3) is 0.222. The number of rotatable bonds is 5. The van der Waals surface area contributed by atoms with E-state index in [1.165, 1.54) is 0 Å². The monoisotopic (exact) mass is 432 g/mol. The zero-order valence-corrected chi connectivity index (χ0v) is 19.6. The maximum atomic E-state index is 9.56. The Hall–Kier alpha value is -3.73. The van der Waals surface area contributed by atoms with Crippen molar-refractivity contribution in [2.24, 2.45) is 0 Å². The van der Waals surface area contributed by atoms with E-state index < -0.39 is 0 Å². The van der Waals surface area contributed by atoms with Gasteiger partial charge >= 0.3 is 0 Å². The Morgan fingerprint density at radius 1 is 0.625 bits per heavy atom. The quantitative estimate of drug-likeness (QED) is 0.350. The van der Waals surface area contributed by atoms with E-state index in [1.807, 2.05) is 88.4 Å². The fourth-order valence-corrected chi connectivity index (χ4v) is 3.05. The van der Waals surface area contributed by atoms with Crippen LogP contribution in [-0.2, 0) is 0 Å². The summed E-state index contributed by atoms with van der Waals surface area (Å²) in [5.74, 6) is 2.55. The summed E-state index contributed by atoms with van der Waals surface area (Å²) in [6.07, 6.45) is 0. The first kappa shape index (κ1) is 24.5. The van der Waals surface area contributed by atoms with Gasteiger partial charge in [-0.1, -0.05) is 27.7 Å². The molecule has 0 saturated heterocycles. The van der Waals surface area contributed by atoms with Crippen LogP contribution in [0.5, 0.6) is 17.2 Å². The molecule has 168 valence electrons. The smallest absolute Gasteiger partial charge is 0.138 e. The minimum absolute atomic E-state index is 0.223. The Morgan fingerprint density at radius 3 is 1.53 bits per heavy atom. The number of phenolic OH excluding ortho intramolecular Hbond substituents is 1. The van der Waals surface area contributed by atoms with Gasteiger partial charge in [-0.2, -0.15) is 0 Å². The number of benzene rings is 3. The normalized spacial score (nSPS) is 9.69. The molecular weight excluding hydrogens is 400 g/mol. The zero-order valence-electron chi connectivity index (χ0n) is 19.6. The van der Waals surface area contributed by atoms with E-state index in [-0.39, 0.29) is 5.75 Å². The van der Waals surface area contributed by atoms with Gasteiger partial charge in [0.1, 0.15) is 23.1 Å². The van der Waals surface area contributed by atoms with Crippen LogP contribution in [0.15, 0.2) is 72.8 Å². The van der Waals surface area contributed by atoms with Gasteiger partial charge in [-0.05, 0) is 72.8 Å². The van der Waals surface area contributed by atoms with E-state index >= 15 is 0 Å². The van der Waals surface area contributed by atoms with Gasteiger partial charge in [-0.25, -0.2) is 4.98 Å². The topological polar surface area (TPSA) is 67.4 Å². The second-order valence-electron chi connectivity index (χ2n) is 6.31. The Kier molecular flexibility index (Phi) is 9.36. The predicted molar refractivity (Wildman–Crippen MR) is 132 cm³/mol. The number of imidazole rings is 1. The average Bonchev–Trinajstić information content (AvgIpc) is 3.32.